The van der Waals surface area contributed by atoms with Gasteiger partial charge in [0.05, 0.1) is 6.10 Å². The monoisotopic (exact) mass is 184 g/mol. The second kappa shape index (κ2) is 3.22. The molecule has 5 heteroatoms. The fourth-order valence-corrected chi connectivity index (χ4v) is 1.21. The summed E-state index contributed by atoms with van der Waals surface area (Å²) in [5.41, 5.74) is 0. The molecule has 0 spiro atoms. The first kappa shape index (κ1) is 9.80. The van der Waals surface area contributed by atoms with Crippen molar-refractivity contribution >= 4 is 0 Å². The first-order valence-electron chi connectivity index (χ1n) is 3.77. The number of hydrogen-bond acceptors (Lipinski definition) is 2. The van der Waals surface area contributed by atoms with Gasteiger partial charge in [-0.3, -0.25) is 0 Å². The Morgan fingerprint density at radius 1 is 1.17 bits per heavy atom. The quantitative estimate of drug-likeness (QED) is 0.573. The van der Waals surface area contributed by atoms with Crippen LogP contribution in [-0.2, 0) is 9.47 Å². The molecule has 0 saturated carbocycles. The van der Waals surface area contributed by atoms with Crippen LogP contribution in [0.15, 0.2) is 0 Å². The number of ether oxygens (including phenoxy) is 2. The molecule has 1 rings (SSSR count). The van der Waals surface area contributed by atoms with E-state index < -0.39 is 18.6 Å². The van der Waals surface area contributed by atoms with E-state index in [1.165, 1.54) is 6.92 Å². The van der Waals surface area contributed by atoms with Crippen LogP contribution in [0.25, 0.3) is 0 Å². The number of alkyl halides is 3. The maximum atomic E-state index is 12.1. The van der Waals surface area contributed by atoms with Crippen molar-refractivity contribution in [2.75, 3.05) is 0 Å². The summed E-state index contributed by atoms with van der Waals surface area (Å²) in [5, 5.41) is 0. The van der Waals surface area contributed by atoms with Crippen LogP contribution in [0.1, 0.15) is 20.3 Å². The highest BCUT2D eigenvalue weighted by Crippen LogP contribution is 2.31. The molecule has 0 aliphatic carbocycles. The maximum Gasteiger partial charge on any atom is 0.414 e. The molecule has 0 aromatic carbocycles. The highest BCUT2D eigenvalue weighted by molar-refractivity contribution is 4.74. The van der Waals surface area contributed by atoms with Crippen molar-refractivity contribution in [2.45, 2.75) is 44.9 Å². The molecule has 0 aromatic heterocycles. The van der Waals surface area contributed by atoms with Gasteiger partial charge in [0.2, 0.25) is 0 Å². The second-order valence-electron chi connectivity index (χ2n) is 2.92. The molecule has 2 nitrogen and oxygen atoms in total. The second-order valence-corrected chi connectivity index (χ2v) is 2.92. The van der Waals surface area contributed by atoms with Gasteiger partial charge in [0.15, 0.2) is 12.4 Å². The summed E-state index contributed by atoms with van der Waals surface area (Å²) in [6.45, 7) is 3.08. The minimum absolute atomic E-state index is 0.117. The molecular formula is C7H11F3O2. The van der Waals surface area contributed by atoms with Gasteiger partial charge in [-0.15, -0.1) is 0 Å². The van der Waals surface area contributed by atoms with E-state index in [4.69, 9.17) is 4.74 Å². The first-order valence-corrected chi connectivity index (χ1v) is 3.77. The molecule has 1 fully saturated rings. The Hall–Kier alpha value is -0.290. The van der Waals surface area contributed by atoms with Crippen LogP contribution in [-0.4, -0.2) is 24.7 Å². The molecule has 0 aromatic rings. The Balaban J connectivity index is 2.55. The SMILES string of the molecule is CC1CC(C(F)(F)F)OC(C)O1. The van der Waals surface area contributed by atoms with Gasteiger partial charge >= 0.3 is 6.18 Å². The van der Waals surface area contributed by atoms with Crippen LogP contribution >= 0.6 is 0 Å². The van der Waals surface area contributed by atoms with E-state index in [0.29, 0.717) is 0 Å². The van der Waals surface area contributed by atoms with Crippen molar-refractivity contribution in [3.8, 4) is 0 Å². The van der Waals surface area contributed by atoms with E-state index in [1.54, 1.807) is 6.92 Å². The van der Waals surface area contributed by atoms with Crippen molar-refractivity contribution in [2.24, 2.45) is 0 Å². The zero-order chi connectivity index (χ0) is 9.35. The summed E-state index contributed by atoms with van der Waals surface area (Å²) >= 11 is 0. The summed E-state index contributed by atoms with van der Waals surface area (Å²) in [6, 6.07) is 0. The molecule has 3 unspecified atom stereocenters. The van der Waals surface area contributed by atoms with Crippen LogP contribution in [0.2, 0.25) is 0 Å². The molecule has 0 N–H and O–H groups in total. The summed E-state index contributed by atoms with van der Waals surface area (Å²) in [5.74, 6) is 0. The lowest BCUT2D eigenvalue weighted by Crippen LogP contribution is -2.43. The van der Waals surface area contributed by atoms with E-state index in [0.717, 1.165) is 0 Å². The molecule has 3 atom stereocenters. The van der Waals surface area contributed by atoms with Gasteiger partial charge < -0.3 is 9.47 Å². The Morgan fingerprint density at radius 3 is 2.17 bits per heavy atom. The summed E-state index contributed by atoms with van der Waals surface area (Å²) < 4.78 is 45.9. The predicted octanol–water partition coefficient (Wildman–Crippen LogP) is 2.09. The average Bonchev–Trinajstić information content (AvgIpc) is 1.82. The van der Waals surface area contributed by atoms with Crippen LogP contribution in [0.3, 0.4) is 0 Å². The Morgan fingerprint density at radius 2 is 1.75 bits per heavy atom. The van der Waals surface area contributed by atoms with Gasteiger partial charge in [-0.1, -0.05) is 0 Å². The van der Waals surface area contributed by atoms with Gasteiger partial charge in [0.25, 0.3) is 0 Å². The van der Waals surface area contributed by atoms with Crippen molar-refractivity contribution < 1.29 is 22.6 Å². The summed E-state index contributed by atoms with van der Waals surface area (Å²) in [4.78, 5) is 0. The lowest BCUT2D eigenvalue weighted by molar-refractivity contribution is -0.310. The van der Waals surface area contributed by atoms with E-state index in [-0.39, 0.29) is 12.5 Å². The van der Waals surface area contributed by atoms with Gasteiger partial charge in [0.1, 0.15) is 0 Å². The average molecular weight is 184 g/mol. The van der Waals surface area contributed by atoms with Crippen molar-refractivity contribution in [1.82, 2.24) is 0 Å². The normalized spacial score (nSPS) is 38.2. The number of rotatable bonds is 0. The predicted molar refractivity (Wildman–Crippen MR) is 35.6 cm³/mol. The Labute approximate surface area is 68.6 Å². The zero-order valence-electron chi connectivity index (χ0n) is 6.89. The highest BCUT2D eigenvalue weighted by atomic mass is 19.4. The van der Waals surface area contributed by atoms with Crippen LogP contribution in [0.5, 0.6) is 0 Å². The van der Waals surface area contributed by atoms with Gasteiger partial charge in [0, 0.05) is 6.42 Å². The third-order valence-corrected chi connectivity index (χ3v) is 1.69. The highest BCUT2D eigenvalue weighted by Gasteiger charge is 2.44. The van der Waals surface area contributed by atoms with E-state index >= 15 is 0 Å². The minimum Gasteiger partial charge on any atom is -0.350 e. The van der Waals surface area contributed by atoms with Crippen LogP contribution < -0.4 is 0 Å². The fraction of sp³-hybridized carbons (Fsp3) is 1.00. The van der Waals surface area contributed by atoms with Crippen molar-refractivity contribution in [1.29, 1.82) is 0 Å². The van der Waals surface area contributed by atoms with E-state index in [1.807, 2.05) is 0 Å². The number of hydrogen-bond donors (Lipinski definition) is 0. The topological polar surface area (TPSA) is 18.5 Å². The molecule has 1 aliphatic heterocycles. The lowest BCUT2D eigenvalue weighted by Gasteiger charge is -2.33. The fourth-order valence-electron chi connectivity index (χ4n) is 1.21. The third kappa shape index (κ3) is 2.35. The third-order valence-electron chi connectivity index (χ3n) is 1.69. The molecule has 12 heavy (non-hydrogen) atoms. The lowest BCUT2D eigenvalue weighted by atomic mass is 10.1. The molecule has 0 radical (unpaired) electrons. The van der Waals surface area contributed by atoms with Crippen LogP contribution in [0.4, 0.5) is 13.2 Å². The summed E-state index contributed by atoms with van der Waals surface area (Å²) in [7, 11) is 0. The van der Waals surface area contributed by atoms with E-state index in [9.17, 15) is 13.2 Å². The Kier molecular flexibility index (Phi) is 2.63. The molecule has 72 valence electrons. The Bertz CT molecular complexity index is 147. The molecule has 0 amide bonds. The molecular weight excluding hydrogens is 173 g/mol. The number of halogens is 3. The zero-order valence-corrected chi connectivity index (χ0v) is 6.89. The minimum atomic E-state index is -4.27. The van der Waals surface area contributed by atoms with Crippen LogP contribution in [0, 0.1) is 0 Å². The molecule has 0 bridgehead atoms. The van der Waals surface area contributed by atoms with Crippen molar-refractivity contribution in [3.05, 3.63) is 0 Å². The summed E-state index contributed by atoms with van der Waals surface area (Å²) in [6.07, 6.45) is -7.21. The molecule has 1 heterocycles. The van der Waals surface area contributed by atoms with Gasteiger partial charge in [-0.05, 0) is 13.8 Å². The largest absolute Gasteiger partial charge is 0.414 e. The first-order chi connectivity index (χ1) is 5.39. The standard InChI is InChI=1S/C7H11F3O2/c1-4-3-6(7(8,9)10)12-5(2)11-4/h4-6H,3H2,1-2H3. The molecule has 1 saturated heterocycles. The smallest absolute Gasteiger partial charge is 0.350 e. The van der Waals surface area contributed by atoms with Gasteiger partial charge in [-0.2, -0.15) is 13.2 Å². The van der Waals surface area contributed by atoms with Crippen molar-refractivity contribution in [3.63, 3.8) is 0 Å². The van der Waals surface area contributed by atoms with E-state index in [2.05, 4.69) is 4.74 Å². The molecule has 1 aliphatic rings. The maximum absolute atomic E-state index is 12.1. The van der Waals surface area contributed by atoms with Gasteiger partial charge in [-0.25, -0.2) is 0 Å².